The Kier molecular flexibility index (Phi) is 5.79. The van der Waals surface area contributed by atoms with Gasteiger partial charge in [0.1, 0.15) is 11.6 Å². The third-order valence-electron chi connectivity index (χ3n) is 4.79. The third kappa shape index (κ3) is 4.50. The van der Waals surface area contributed by atoms with Gasteiger partial charge in [0, 0.05) is 33.9 Å². The molecular formula is C22H20Cl2N4O2. The zero-order valence-corrected chi connectivity index (χ0v) is 18.0. The number of hydrogen-bond donors (Lipinski definition) is 2. The summed E-state index contributed by atoms with van der Waals surface area (Å²) in [4.78, 5) is 22.0. The number of fused-ring (bicyclic) bond motifs is 1. The molecule has 0 amide bonds. The van der Waals surface area contributed by atoms with Crippen LogP contribution < -0.4 is 15.4 Å². The highest BCUT2D eigenvalue weighted by molar-refractivity contribution is 6.35. The Bertz CT molecular complexity index is 1100. The van der Waals surface area contributed by atoms with E-state index in [9.17, 15) is 4.79 Å². The fraction of sp³-hybridized carbons (Fsp3) is 0.227. The molecule has 2 aromatic carbocycles. The number of nitrogens with one attached hydrogen (secondary N) is 2. The molecule has 2 N–H and O–H groups in total. The molecule has 0 radical (unpaired) electrons. The maximum Gasteiger partial charge on any atom is 0.229 e. The van der Waals surface area contributed by atoms with Gasteiger partial charge in [-0.3, -0.25) is 4.79 Å². The number of methoxy groups -OCH3 is 1. The Morgan fingerprint density at radius 2 is 1.77 bits per heavy atom. The molecule has 3 aromatic rings. The first kappa shape index (κ1) is 20.4. The van der Waals surface area contributed by atoms with Gasteiger partial charge in [-0.2, -0.15) is 4.98 Å². The van der Waals surface area contributed by atoms with Gasteiger partial charge in [0.2, 0.25) is 5.95 Å². The van der Waals surface area contributed by atoms with E-state index in [0.29, 0.717) is 51.7 Å². The number of hydrogen-bond acceptors (Lipinski definition) is 6. The van der Waals surface area contributed by atoms with E-state index < -0.39 is 0 Å². The predicted molar refractivity (Wildman–Crippen MR) is 120 cm³/mol. The van der Waals surface area contributed by atoms with Gasteiger partial charge in [-0.1, -0.05) is 36.2 Å². The molecule has 0 saturated carbocycles. The summed E-state index contributed by atoms with van der Waals surface area (Å²) in [5.74, 6) is 1.78. The molecule has 1 unspecified atom stereocenters. The van der Waals surface area contributed by atoms with Crippen LogP contribution in [0.1, 0.15) is 29.4 Å². The summed E-state index contributed by atoms with van der Waals surface area (Å²) in [5, 5.41) is 7.38. The zero-order valence-electron chi connectivity index (χ0n) is 16.5. The number of aromatic nitrogens is 2. The number of ether oxygens (including phenoxy) is 1. The average Bonchev–Trinajstić information content (AvgIpc) is 2.66. The van der Waals surface area contributed by atoms with E-state index in [1.54, 1.807) is 25.3 Å². The number of rotatable bonds is 5. The zero-order chi connectivity index (χ0) is 21.3. The molecule has 30 heavy (non-hydrogen) atoms. The Morgan fingerprint density at radius 1 is 1.00 bits per heavy atom. The Balaban J connectivity index is 1.75. The highest BCUT2D eigenvalue weighted by atomic mass is 35.5. The number of benzene rings is 2. The van der Waals surface area contributed by atoms with Crippen LogP contribution in [-0.4, -0.2) is 22.9 Å². The van der Waals surface area contributed by atoms with E-state index in [-0.39, 0.29) is 11.7 Å². The van der Waals surface area contributed by atoms with E-state index in [1.807, 2.05) is 31.2 Å². The maximum absolute atomic E-state index is 12.8. The molecule has 4 rings (SSSR count). The number of anilines is 4. The van der Waals surface area contributed by atoms with Crippen LogP contribution in [0.4, 0.5) is 23.1 Å². The molecule has 1 heterocycles. The normalized spacial score (nSPS) is 15.5. The van der Waals surface area contributed by atoms with Crippen LogP contribution in [0.25, 0.3) is 0 Å². The first-order valence-electron chi connectivity index (χ1n) is 9.49. The second-order valence-electron chi connectivity index (χ2n) is 7.29. The molecule has 1 aliphatic carbocycles. The topological polar surface area (TPSA) is 76.1 Å². The molecule has 1 aromatic heterocycles. The molecule has 0 aliphatic heterocycles. The summed E-state index contributed by atoms with van der Waals surface area (Å²) in [6.45, 7) is 2.04. The van der Waals surface area contributed by atoms with Gasteiger partial charge in [-0.25, -0.2) is 4.98 Å². The second kappa shape index (κ2) is 8.50. The monoisotopic (exact) mass is 442 g/mol. The smallest absolute Gasteiger partial charge is 0.229 e. The first-order chi connectivity index (χ1) is 14.4. The van der Waals surface area contributed by atoms with Crippen LogP contribution in [0.3, 0.4) is 0 Å². The van der Waals surface area contributed by atoms with Crippen LogP contribution in [0.5, 0.6) is 5.75 Å². The number of carbonyl (C=O) groups is 1. The minimum absolute atomic E-state index is 0.0207. The molecule has 8 heteroatoms. The van der Waals surface area contributed by atoms with E-state index in [1.165, 1.54) is 0 Å². The van der Waals surface area contributed by atoms with E-state index in [0.717, 1.165) is 11.4 Å². The Labute approximate surface area is 184 Å². The van der Waals surface area contributed by atoms with Crippen LogP contribution >= 0.6 is 23.2 Å². The summed E-state index contributed by atoms with van der Waals surface area (Å²) in [5.41, 5.74) is 2.66. The second-order valence-corrected chi connectivity index (χ2v) is 8.17. The van der Waals surface area contributed by atoms with E-state index >= 15 is 0 Å². The van der Waals surface area contributed by atoms with Gasteiger partial charge in [0.25, 0.3) is 0 Å². The van der Waals surface area contributed by atoms with Gasteiger partial charge in [0.15, 0.2) is 5.78 Å². The van der Waals surface area contributed by atoms with E-state index in [2.05, 4.69) is 20.6 Å². The number of Topliss-reactive ketones (excluding diaryl/α,β-unsaturated/α-hetero) is 1. The highest BCUT2D eigenvalue weighted by Gasteiger charge is 2.28. The van der Waals surface area contributed by atoms with E-state index in [4.69, 9.17) is 27.9 Å². The van der Waals surface area contributed by atoms with Crippen molar-refractivity contribution in [3.8, 4) is 5.75 Å². The fourth-order valence-electron chi connectivity index (χ4n) is 3.51. The van der Waals surface area contributed by atoms with Crippen LogP contribution in [0, 0.1) is 5.92 Å². The highest BCUT2D eigenvalue weighted by Crippen LogP contribution is 2.33. The minimum Gasteiger partial charge on any atom is -0.497 e. The molecule has 1 atom stereocenters. The maximum atomic E-state index is 12.8. The first-order valence-corrected chi connectivity index (χ1v) is 10.2. The predicted octanol–water partition coefficient (Wildman–Crippen LogP) is 6.04. The molecule has 1 aliphatic rings. The molecule has 0 bridgehead atoms. The van der Waals surface area contributed by atoms with Crippen molar-refractivity contribution in [2.45, 2.75) is 19.8 Å². The van der Waals surface area contributed by atoms with Gasteiger partial charge in [-0.05, 0) is 42.7 Å². The minimum atomic E-state index is 0.0207. The van der Waals surface area contributed by atoms with Crippen molar-refractivity contribution < 1.29 is 9.53 Å². The lowest BCUT2D eigenvalue weighted by atomic mass is 9.87. The molecular weight excluding hydrogens is 423 g/mol. The number of ketones is 1. The van der Waals surface area contributed by atoms with Crippen LogP contribution in [-0.2, 0) is 6.42 Å². The van der Waals surface area contributed by atoms with Gasteiger partial charge >= 0.3 is 0 Å². The molecule has 0 spiro atoms. The lowest BCUT2D eigenvalue weighted by molar-refractivity contribution is 0.0953. The molecule has 154 valence electrons. The fourth-order valence-corrected chi connectivity index (χ4v) is 4.03. The summed E-state index contributed by atoms with van der Waals surface area (Å²) in [6, 6.07) is 12.6. The largest absolute Gasteiger partial charge is 0.497 e. The van der Waals surface area contributed by atoms with Gasteiger partial charge in [-0.15, -0.1) is 0 Å². The van der Waals surface area contributed by atoms with Crippen LogP contribution in [0.15, 0.2) is 42.5 Å². The van der Waals surface area contributed by atoms with Crippen molar-refractivity contribution in [2.24, 2.45) is 5.92 Å². The quantitative estimate of drug-likeness (QED) is 0.501. The van der Waals surface area contributed by atoms with Crippen LogP contribution in [0.2, 0.25) is 10.0 Å². The van der Waals surface area contributed by atoms with Crippen molar-refractivity contribution in [1.82, 2.24) is 9.97 Å². The summed E-state index contributed by atoms with van der Waals surface area (Å²) < 4.78 is 5.27. The van der Waals surface area contributed by atoms with Gasteiger partial charge in [0.05, 0.1) is 18.4 Å². The van der Waals surface area contributed by atoms with Crippen molar-refractivity contribution in [1.29, 1.82) is 0 Å². The number of nitrogens with zero attached hydrogens (tertiary/aromatic N) is 2. The lowest BCUT2D eigenvalue weighted by Crippen LogP contribution is -2.22. The van der Waals surface area contributed by atoms with Crippen molar-refractivity contribution in [3.05, 3.63) is 63.8 Å². The third-order valence-corrected chi connectivity index (χ3v) is 5.23. The molecule has 0 saturated heterocycles. The SMILES string of the molecule is COc1cccc(Nc2nc3c(c(Nc4cc(Cl)cc(Cl)c4)n2)C(=O)CC(C)C3)c1. The van der Waals surface area contributed by atoms with Crippen molar-refractivity contribution >= 4 is 52.1 Å². The number of carbonyl (C=O) groups excluding carboxylic acids is 1. The Hall–Kier alpha value is -2.83. The molecule has 0 fully saturated rings. The summed E-state index contributed by atoms with van der Waals surface area (Å²) in [7, 11) is 1.61. The Morgan fingerprint density at radius 3 is 2.50 bits per heavy atom. The average molecular weight is 443 g/mol. The number of halogens is 2. The van der Waals surface area contributed by atoms with Gasteiger partial charge < -0.3 is 15.4 Å². The summed E-state index contributed by atoms with van der Waals surface area (Å²) in [6.07, 6.45) is 1.16. The van der Waals surface area contributed by atoms with Crippen molar-refractivity contribution in [3.63, 3.8) is 0 Å². The van der Waals surface area contributed by atoms with Crippen molar-refractivity contribution in [2.75, 3.05) is 17.7 Å². The standard InChI is InChI=1S/C22H20Cl2N4O2/c1-12-6-18-20(19(29)7-12)21(25-16-9-13(23)8-14(24)10-16)28-22(27-18)26-15-4-3-5-17(11-15)30-2/h3-5,8-12H,6-7H2,1-2H3,(H2,25,26,27,28). The molecule has 6 nitrogen and oxygen atoms in total. The summed E-state index contributed by atoms with van der Waals surface area (Å²) >= 11 is 12.3. The lowest BCUT2D eigenvalue weighted by Gasteiger charge is -2.23.